The van der Waals surface area contributed by atoms with Crippen LogP contribution in [0.15, 0.2) is 48.1 Å². The Bertz CT molecular complexity index is 1540. The number of rotatable bonds is 9. The number of benzene rings is 1. The van der Waals surface area contributed by atoms with Crippen LogP contribution in [0.5, 0.6) is 0 Å². The second-order valence-corrected chi connectivity index (χ2v) is 12.2. The molecule has 1 aromatic carbocycles. The van der Waals surface area contributed by atoms with Crippen LogP contribution in [0.25, 0.3) is 33.4 Å². The summed E-state index contributed by atoms with van der Waals surface area (Å²) < 4.78 is 1.99. The van der Waals surface area contributed by atoms with Gasteiger partial charge < -0.3 is 9.67 Å². The van der Waals surface area contributed by atoms with Crippen LogP contribution in [0.4, 0.5) is 5.13 Å². The van der Waals surface area contributed by atoms with Crippen LogP contribution in [-0.4, -0.2) is 37.6 Å². The lowest BCUT2D eigenvalue weighted by atomic mass is 9.90. The molecular weight excluding hydrogens is 532 g/mol. The quantitative estimate of drug-likeness (QED) is 0.233. The highest BCUT2D eigenvalue weighted by molar-refractivity contribution is 7.14. The normalized spacial score (nSPS) is 16.6. The van der Waals surface area contributed by atoms with Crippen molar-refractivity contribution in [1.29, 1.82) is 0 Å². The number of aryl methyl sites for hydroxylation is 1. The van der Waals surface area contributed by atoms with Crippen molar-refractivity contribution in [3.05, 3.63) is 53.1 Å². The Kier molecular flexibility index (Phi) is 7.16. The van der Waals surface area contributed by atoms with Crippen LogP contribution in [0, 0.1) is 11.8 Å². The number of carbonyl (C=O) groups excluding carboxylic acids is 1. The molecule has 39 heavy (non-hydrogen) atoms. The van der Waals surface area contributed by atoms with Crippen molar-refractivity contribution in [2.24, 2.45) is 18.9 Å². The highest BCUT2D eigenvalue weighted by Gasteiger charge is 2.40. The molecule has 9 heteroatoms. The predicted molar refractivity (Wildman–Crippen MR) is 155 cm³/mol. The molecule has 7 nitrogen and oxygen atoms in total. The predicted octanol–water partition coefficient (Wildman–Crippen LogP) is 7.18. The van der Waals surface area contributed by atoms with Crippen LogP contribution < -0.4 is 4.90 Å². The molecule has 0 spiro atoms. The van der Waals surface area contributed by atoms with Crippen molar-refractivity contribution >= 4 is 51.0 Å². The van der Waals surface area contributed by atoms with Crippen molar-refractivity contribution in [2.45, 2.75) is 57.4 Å². The number of aliphatic carboxylic acids is 1. The zero-order chi connectivity index (χ0) is 27.1. The first-order chi connectivity index (χ1) is 18.9. The van der Waals surface area contributed by atoms with E-state index in [-0.39, 0.29) is 18.4 Å². The molecule has 0 aliphatic heterocycles. The number of halogens is 1. The molecule has 0 saturated heterocycles. The van der Waals surface area contributed by atoms with E-state index >= 15 is 0 Å². The Labute approximate surface area is 236 Å². The molecule has 1 atom stereocenters. The fraction of sp³-hybridized carbons (Fsp3) is 0.400. The topological polar surface area (TPSA) is 88.3 Å². The van der Waals surface area contributed by atoms with E-state index in [1.807, 2.05) is 53.7 Å². The molecule has 2 aliphatic rings. The Morgan fingerprint density at radius 3 is 2.69 bits per heavy atom. The summed E-state index contributed by atoms with van der Waals surface area (Å²) in [6, 6.07) is 9.99. The minimum atomic E-state index is -0.922. The number of pyridine rings is 1. The standard InChI is InChI=1S/C30H31ClN4O3S/c1-34-11-10-19-13-21(16-32-28(19)34)24-9-6-22(31)15-25(24)26-17-39-30(33-26)35(23-7-8-23)29(38)20(14-27(36)37)12-18-4-2-3-5-18/h6,9-11,13,15-18,20,23H,2-5,7-8,12,14H2,1H3,(H,36,37). The monoisotopic (exact) mass is 562 g/mol. The van der Waals surface area contributed by atoms with Gasteiger partial charge in [-0.25, -0.2) is 9.97 Å². The first kappa shape index (κ1) is 26.0. The summed E-state index contributed by atoms with van der Waals surface area (Å²) in [5.41, 5.74) is 4.45. The fourth-order valence-electron chi connectivity index (χ4n) is 5.87. The molecule has 1 amide bonds. The first-order valence-electron chi connectivity index (χ1n) is 13.6. The lowest BCUT2D eigenvalue weighted by Gasteiger charge is -2.26. The average molecular weight is 563 g/mol. The molecule has 1 unspecified atom stereocenters. The van der Waals surface area contributed by atoms with E-state index in [1.54, 1.807) is 4.90 Å². The number of carboxylic acids is 1. The number of thiazole rings is 1. The number of fused-ring (bicyclic) bond motifs is 1. The minimum Gasteiger partial charge on any atom is -0.481 e. The maximum atomic E-state index is 13.9. The van der Waals surface area contributed by atoms with Crippen LogP contribution in [-0.2, 0) is 16.6 Å². The third-order valence-electron chi connectivity index (χ3n) is 7.99. The Morgan fingerprint density at radius 1 is 1.15 bits per heavy atom. The van der Waals surface area contributed by atoms with Crippen molar-refractivity contribution in [1.82, 2.24) is 14.5 Å². The maximum Gasteiger partial charge on any atom is 0.304 e. The SMILES string of the molecule is Cn1ccc2cc(-c3ccc(Cl)cc3-c3csc(N(C(=O)C(CC(=O)O)CC4CCCC4)C4CC4)n3)cnc21. The summed E-state index contributed by atoms with van der Waals surface area (Å²) in [6.45, 7) is 0. The van der Waals surface area contributed by atoms with Crippen LogP contribution >= 0.6 is 22.9 Å². The van der Waals surface area contributed by atoms with E-state index in [0.717, 1.165) is 71.9 Å². The number of carbonyl (C=O) groups is 2. The van der Waals surface area contributed by atoms with Gasteiger partial charge in [0.1, 0.15) is 5.65 Å². The van der Waals surface area contributed by atoms with E-state index in [9.17, 15) is 14.7 Å². The Hall–Kier alpha value is -3.23. The zero-order valence-corrected chi connectivity index (χ0v) is 23.4. The van der Waals surface area contributed by atoms with Gasteiger partial charge in [0.2, 0.25) is 5.91 Å². The van der Waals surface area contributed by atoms with E-state index in [4.69, 9.17) is 16.6 Å². The van der Waals surface area contributed by atoms with Crippen LogP contribution in [0.1, 0.15) is 51.4 Å². The van der Waals surface area contributed by atoms with Gasteiger partial charge in [-0.2, -0.15) is 0 Å². The second-order valence-electron chi connectivity index (χ2n) is 10.9. The number of hydrogen-bond acceptors (Lipinski definition) is 5. The average Bonchev–Trinajstić information content (AvgIpc) is 3.27. The zero-order valence-electron chi connectivity index (χ0n) is 21.8. The smallest absolute Gasteiger partial charge is 0.304 e. The van der Waals surface area contributed by atoms with Gasteiger partial charge >= 0.3 is 5.97 Å². The third-order valence-corrected chi connectivity index (χ3v) is 9.06. The fourth-order valence-corrected chi connectivity index (χ4v) is 6.94. The van der Waals surface area contributed by atoms with Gasteiger partial charge in [-0.3, -0.25) is 14.5 Å². The largest absolute Gasteiger partial charge is 0.481 e. The number of amides is 1. The van der Waals surface area contributed by atoms with E-state index in [1.165, 1.54) is 11.3 Å². The number of nitrogens with zero attached hydrogens (tertiary/aromatic N) is 4. The first-order valence-corrected chi connectivity index (χ1v) is 14.8. The molecule has 2 saturated carbocycles. The molecule has 3 heterocycles. The van der Waals surface area contributed by atoms with E-state index in [2.05, 4.69) is 11.1 Å². The molecule has 0 bridgehead atoms. The highest BCUT2D eigenvalue weighted by atomic mass is 35.5. The molecule has 6 rings (SSSR count). The molecule has 2 fully saturated rings. The van der Waals surface area contributed by atoms with Crippen LogP contribution in [0.2, 0.25) is 5.02 Å². The molecule has 4 aromatic rings. The summed E-state index contributed by atoms with van der Waals surface area (Å²) in [7, 11) is 1.97. The van der Waals surface area contributed by atoms with Gasteiger partial charge in [-0.1, -0.05) is 43.4 Å². The van der Waals surface area contributed by atoms with Crippen molar-refractivity contribution < 1.29 is 14.7 Å². The molecule has 0 radical (unpaired) electrons. The second kappa shape index (κ2) is 10.7. The number of carboxylic acid groups (broad SMARTS) is 1. The molecule has 3 aromatic heterocycles. The van der Waals surface area contributed by atoms with Crippen molar-refractivity contribution in [3.8, 4) is 22.4 Å². The highest BCUT2D eigenvalue weighted by Crippen LogP contribution is 2.41. The van der Waals surface area contributed by atoms with Gasteiger partial charge in [-0.15, -0.1) is 11.3 Å². The number of aromatic nitrogens is 3. The van der Waals surface area contributed by atoms with Gasteiger partial charge in [-0.05, 0) is 55.0 Å². The van der Waals surface area contributed by atoms with E-state index in [0.29, 0.717) is 22.5 Å². The molecular formula is C30H31ClN4O3S. The lowest BCUT2D eigenvalue weighted by Crippen LogP contribution is -2.39. The molecule has 2 aliphatic carbocycles. The minimum absolute atomic E-state index is 0.0832. The van der Waals surface area contributed by atoms with Gasteiger partial charge in [0.25, 0.3) is 0 Å². The Balaban J connectivity index is 1.33. The third kappa shape index (κ3) is 5.45. The molecule has 1 N–H and O–H groups in total. The molecule has 202 valence electrons. The summed E-state index contributed by atoms with van der Waals surface area (Å²) >= 11 is 7.87. The van der Waals surface area contributed by atoms with Crippen molar-refractivity contribution in [2.75, 3.05) is 4.90 Å². The lowest BCUT2D eigenvalue weighted by molar-refractivity contribution is -0.141. The van der Waals surface area contributed by atoms with Crippen molar-refractivity contribution in [3.63, 3.8) is 0 Å². The Morgan fingerprint density at radius 2 is 1.95 bits per heavy atom. The summed E-state index contributed by atoms with van der Waals surface area (Å²) in [6.07, 6.45) is 10.7. The van der Waals surface area contributed by atoms with Crippen LogP contribution in [0.3, 0.4) is 0 Å². The van der Waals surface area contributed by atoms with Gasteiger partial charge in [0, 0.05) is 58.3 Å². The van der Waals surface area contributed by atoms with Gasteiger partial charge in [0.15, 0.2) is 5.13 Å². The number of anilines is 1. The number of hydrogen-bond donors (Lipinski definition) is 1. The van der Waals surface area contributed by atoms with Gasteiger partial charge in [0.05, 0.1) is 12.1 Å². The van der Waals surface area contributed by atoms with E-state index < -0.39 is 11.9 Å². The maximum absolute atomic E-state index is 13.9. The summed E-state index contributed by atoms with van der Waals surface area (Å²) in [5, 5.41) is 13.8. The summed E-state index contributed by atoms with van der Waals surface area (Å²) in [5.74, 6) is -1.12. The summed E-state index contributed by atoms with van der Waals surface area (Å²) in [4.78, 5) is 37.0.